The van der Waals surface area contributed by atoms with Crippen LogP contribution in [0.15, 0.2) is 109 Å². The number of ether oxygens (including phenoxy) is 4. The van der Waals surface area contributed by atoms with Crippen molar-refractivity contribution in [3.05, 3.63) is 143 Å². The van der Waals surface area contributed by atoms with Crippen molar-refractivity contribution in [2.75, 3.05) is 0 Å². The molecule has 0 radical (unpaired) electrons. The second-order valence-corrected chi connectivity index (χ2v) is 10.6. The molecule has 0 aromatic heterocycles. The topological polar surface area (TPSA) is 122 Å². The lowest BCUT2D eigenvalue weighted by Gasteiger charge is -2.17. The van der Waals surface area contributed by atoms with E-state index in [1.807, 2.05) is 0 Å². The van der Waals surface area contributed by atoms with E-state index >= 15 is 0 Å². The van der Waals surface area contributed by atoms with E-state index in [1.54, 1.807) is 109 Å². The van der Waals surface area contributed by atoms with Crippen LogP contribution in [0.25, 0.3) is 21.5 Å². The molecule has 2 aliphatic rings. The fourth-order valence-corrected chi connectivity index (χ4v) is 5.78. The molecule has 6 aromatic rings. The van der Waals surface area contributed by atoms with Crippen LogP contribution in [0.5, 0.6) is 23.0 Å². The molecule has 0 unspecified atom stereocenters. The normalized spacial score (nSPS) is 13.4. The molecule has 220 valence electrons. The molecule has 0 aliphatic carbocycles. The first-order valence-electron chi connectivity index (χ1n) is 14.1. The van der Waals surface area contributed by atoms with Gasteiger partial charge in [-0.1, -0.05) is 24.3 Å². The predicted molar refractivity (Wildman–Crippen MR) is 164 cm³/mol. The number of rotatable bonds is 6. The molecule has 0 saturated carbocycles. The van der Waals surface area contributed by atoms with Gasteiger partial charge < -0.3 is 18.9 Å². The average Bonchev–Trinajstić information content (AvgIpc) is 3.07. The molecule has 8 rings (SSSR count). The molecule has 0 fully saturated rings. The Balaban J connectivity index is 1.01. The van der Waals surface area contributed by atoms with E-state index < -0.39 is 23.9 Å². The van der Waals surface area contributed by atoms with Crippen molar-refractivity contribution in [2.45, 2.75) is 0 Å². The summed E-state index contributed by atoms with van der Waals surface area (Å²) in [5, 5.41) is 2.13. The first-order valence-corrected chi connectivity index (χ1v) is 14.1. The van der Waals surface area contributed by atoms with Crippen molar-refractivity contribution in [3.63, 3.8) is 0 Å². The average molecular weight is 607 g/mol. The molecule has 2 heterocycles. The number of carbonyl (C=O) groups excluding carboxylic acids is 5. The predicted octanol–water partition coefficient (Wildman–Crippen LogP) is 7.43. The molecule has 0 atom stereocenters. The third-order valence-corrected chi connectivity index (χ3v) is 7.94. The fourth-order valence-electron chi connectivity index (χ4n) is 5.78. The zero-order chi connectivity index (χ0) is 31.5. The minimum Gasteiger partial charge on any atom is -0.457 e. The van der Waals surface area contributed by atoms with E-state index in [-0.39, 0.29) is 5.78 Å². The summed E-state index contributed by atoms with van der Waals surface area (Å²) in [6, 6.07) is 29.8. The lowest BCUT2D eigenvalue weighted by Crippen LogP contribution is -2.19. The van der Waals surface area contributed by atoms with Gasteiger partial charge in [-0.25, -0.2) is 19.2 Å². The van der Waals surface area contributed by atoms with Gasteiger partial charge in [0.05, 0.1) is 22.3 Å². The summed E-state index contributed by atoms with van der Waals surface area (Å²) >= 11 is 0. The Morgan fingerprint density at radius 3 is 1.20 bits per heavy atom. The maximum atomic E-state index is 13.3. The van der Waals surface area contributed by atoms with E-state index in [0.29, 0.717) is 77.9 Å². The lowest BCUT2D eigenvalue weighted by molar-refractivity contribution is 0.0373. The molecule has 0 bridgehead atoms. The number of hydrogen-bond donors (Lipinski definition) is 0. The van der Waals surface area contributed by atoms with Crippen molar-refractivity contribution in [2.24, 2.45) is 0 Å². The molecule has 6 aromatic carbocycles. The smallest absolute Gasteiger partial charge is 0.346 e. The summed E-state index contributed by atoms with van der Waals surface area (Å²) in [6.07, 6.45) is 0. The molecule has 0 amide bonds. The Morgan fingerprint density at radius 2 is 0.804 bits per heavy atom. The lowest BCUT2D eigenvalue weighted by atomic mass is 9.96. The molecule has 2 aliphatic heterocycles. The standard InChI is InChI=1S/C37H18O9/c38-33(19-7-11-21(12-8-19)43-29-17-15-27-31-23(29)3-1-5-25(31)34(39)45-36(27)41)20-9-13-22(14-10-20)44-30-18-16-28-32-24(30)4-2-6-26(32)35(40)46-37(28)42/h1-18H. The summed E-state index contributed by atoms with van der Waals surface area (Å²) in [6.45, 7) is 0. The number of cyclic esters (lactones) is 4. The van der Waals surface area contributed by atoms with Crippen molar-refractivity contribution in [1.29, 1.82) is 0 Å². The van der Waals surface area contributed by atoms with E-state index in [4.69, 9.17) is 18.9 Å². The van der Waals surface area contributed by atoms with Crippen molar-refractivity contribution >= 4 is 51.2 Å². The van der Waals surface area contributed by atoms with Crippen molar-refractivity contribution in [1.82, 2.24) is 0 Å². The highest BCUT2D eigenvalue weighted by atomic mass is 16.6. The zero-order valence-corrected chi connectivity index (χ0v) is 23.6. The van der Waals surface area contributed by atoms with Crippen LogP contribution in [0.2, 0.25) is 0 Å². The Kier molecular flexibility index (Phi) is 6.01. The summed E-state index contributed by atoms with van der Waals surface area (Å²) < 4.78 is 21.8. The van der Waals surface area contributed by atoms with Crippen LogP contribution in [0, 0.1) is 0 Å². The highest BCUT2D eigenvalue weighted by Gasteiger charge is 2.29. The minimum atomic E-state index is -0.704. The molecule has 0 N–H and O–H groups in total. The van der Waals surface area contributed by atoms with E-state index in [2.05, 4.69) is 0 Å². The van der Waals surface area contributed by atoms with Gasteiger partial charge in [-0.05, 0) is 84.9 Å². The Bertz CT molecular complexity index is 2130. The second kappa shape index (κ2) is 10.2. The highest BCUT2D eigenvalue weighted by Crippen LogP contribution is 2.38. The van der Waals surface area contributed by atoms with Crippen LogP contribution in [0.1, 0.15) is 57.4 Å². The molecule has 9 nitrogen and oxygen atoms in total. The number of esters is 4. The zero-order valence-electron chi connectivity index (χ0n) is 23.6. The van der Waals surface area contributed by atoms with Crippen LogP contribution in [0.3, 0.4) is 0 Å². The number of benzene rings is 6. The minimum absolute atomic E-state index is 0.213. The van der Waals surface area contributed by atoms with Gasteiger partial charge in [0.25, 0.3) is 0 Å². The molecule has 9 heteroatoms. The first-order chi connectivity index (χ1) is 22.4. The number of ketones is 1. The molecular weight excluding hydrogens is 588 g/mol. The van der Waals surface area contributed by atoms with Crippen LogP contribution < -0.4 is 9.47 Å². The van der Waals surface area contributed by atoms with Gasteiger partial charge >= 0.3 is 23.9 Å². The van der Waals surface area contributed by atoms with Gasteiger partial charge in [0.2, 0.25) is 0 Å². The van der Waals surface area contributed by atoms with Gasteiger partial charge in [-0.3, -0.25) is 4.79 Å². The van der Waals surface area contributed by atoms with Gasteiger partial charge in [-0.15, -0.1) is 0 Å². The van der Waals surface area contributed by atoms with E-state index in [0.717, 1.165) is 0 Å². The van der Waals surface area contributed by atoms with E-state index in [1.165, 1.54) is 0 Å². The van der Waals surface area contributed by atoms with Gasteiger partial charge in [-0.2, -0.15) is 0 Å². The maximum Gasteiger partial charge on any atom is 0.346 e. The van der Waals surface area contributed by atoms with Gasteiger partial charge in [0, 0.05) is 32.7 Å². The summed E-state index contributed by atoms with van der Waals surface area (Å²) in [5.41, 5.74) is 2.03. The van der Waals surface area contributed by atoms with Crippen LogP contribution in [-0.4, -0.2) is 29.7 Å². The highest BCUT2D eigenvalue weighted by molar-refractivity contribution is 6.22. The van der Waals surface area contributed by atoms with Gasteiger partial charge in [0.1, 0.15) is 23.0 Å². The fraction of sp³-hybridized carbons (Fsp3) is 0. The summed E-state index contributed by atoms with van der Waals surface area (Å²) in [4.78, 5) is 62.2. The SMILES string of the molecule is O=C(c1ccc(Oc2ccc3c4c(cccc24)C(=O)OC3=O)cc1)c1ccc(Oc2ccc3c4c(cccc24)C(=O)OC3=O)cc1. The number of hydrogen-bond acceptors (Lipinski definition) is 9. The first kappa shape index (κ1) is 27.0. The quantitative estimate of drug-likeness (QED) is 0.108. The summed E-state index contributed by atoms with van der Waals surface area (Å²) in [5.74, 6) is -1.22. The van der Waals surface area contributed by atoms with Gasteiger partial charge in [0.15, 0.2) is 5.78 Å². The Morgan fingerprint density at radius 1 is 0.435 bits per heavy atom. The third-order valence-electron chi connectivity index (χ3n) is 7.94. The third kappa shape index (κ3) is 4.29. The Hall–Kier alpha value is -6.61. The molecule has 0 saturated heterocycles. The Labute approximate surface area is 259 Å². The molecule has 46 heavy (non-hydrogen) atoms. The number of carbonyl (C=O) groups is 5. The largest absolute Gasteiger partial charge is 0.457 e. The second-order valence-electron chi connectivity index (χ2n) is 10.6. The molecular formula is C37H18O9. The van der Waals surface area contributed by atoms with E-state index in [9.17, 15) is 24.0 Å². The van der Waals surface area contributed by atoms with Crippen LogP contribution in [0.4, 0.5) is 0 Å². The van der Waals surface area contributed by atoms with Crippen LogP contribution in [-0.2, 0) is 9.47 Å². The molecule has 0 spiro atoms. The van der Waals surface area contributed by atoms with Crippen molar-refractivity contribution < 1.29 is 42.9 Å². The maximum absolute atomic E-state index is 13.3. The van der Waals surface area contributed by atoms with Crippen molar-refractivity contribution in [3.8, 4) is 23.0 Å². The summed E-state index contributed by atoms with van der Waals surface area (Å²) in [7, 11) is 0. The van der Waals surface area contributed by atoms with Crippen LogP contribution >= 0.6 is 0 Å². The monoisotopic (exact) mass is 606 g/mol.